The van der Waals surface area contributed by atoms with Crippen molar-refractivity contribution in [3.8, 4) is 0 Å². The Morgan fingerprint density at radius 1 is 1.35 bits per heavy atom. The third kappa shape index (κ3) is 4.63. The molecule has 1 aromatic rings. The lowest BCUT2D eigenvalue weighted by Gasteiger charge is -2.27. The molecular formula is C14H23FN2. The third-order valence-electron chi connectivity index (χ3n) is 2.73. The molecule has 96 valence electrons. The van der Waals surface area contributed by atoms with Crippen LogP contribution in [-0.4, -0.2) is 6.54 Å². The van der Waals surface area contributed by atoms with Gasteiger partial charge in [-0.25, -0.2) is 4.39 Å². The molecule has 17 heavy (non-hydrogen) atoms. The van der Waals surface area contributed by atoms with E-state index in [0.717, 1.165) is 18.7 Å². The minimum Gasteiger partial charge on any atom is -0.397 e. The Bertz CT molecular complexity index is 372. The second-order valence-corrected chi connectivity index (χ2v) is 5.85. The zero-order valence-corrected chi connectivity index (χ0v) is 11.2. The van der Waals surface area contributed by atoms with Crippen LogP contribution in [0.15, 0.2) is 18.2 Å². The fourth-order valence-corrected chi connectivity index (χ4v) is 2.21. The van der Waals surface area contributed by atoms with Crippen molar-refractivity contribution in [3.63, 3.8) is 0 Å². The number of hydrogen-bond acceptors (Lipinski definition) is 2. The highest BCUT2D eigenvalue weighted by Gasteiger charge is 2.19. The molecule has 0 radical (unpaired) electrons. The van der Waals surface area contributed by atoms with E-state index >= 15 is 0 Å². The molecule has 3 heteroatoms. The van der Waals surface area contributed by atoms with E-state index in [2.05, 4.69) is 33.0 Å². The molecule has 1 rings (SSSR count). The maximum absolute atomic E-state index is 12.9. The normalized spacial score (nSPS) is 11.9. The second kappa shape index (κ2) is 5.39. The van der Waals surface area contributed by atoms with Crippen molar-refractivity contribution in [1.29, 1.82) is 0 Å². The summed E-state index contributed by atoms with van der Waals surface area (Å²) in [6, 6.07) is 4.46. The smallest absolute Gasteiger partial charge is 0.125 e. The fourth-order valence-electron chi connectivity index (χ4n) is 2.21. The number of rotatable bonds is 5. The lowest BCUT2D eigenvalue weighted by atomic mass is 9.84. The van der Waals surface area contributed by atoms with Crippen LogP contribution in [-0.2, 0) is 0 Å². The number of benzene rings is 1. The number of nitrogens with two attached hydrogens (primary N) is 1. The zero-order valence-electron chi connectivity index (χ0n) is 11.2. The first kappa shape index (κ1) is 13.8. The first-order valence-corrected chi connectivity index (χ1v) is 6.09. The van der Waals surface area contributed by atoms with Gasteiger partial charge in [-0.3, -0.25) is 0 Å². The van der Waals surface area contributed by atoms with Crippen molar-refractivity contribution >= 4 is 11.4 Å². The molecule has 0 saturated heterocycles. The second-order valence-electron chi connectivity index (χ2n) is 5.85. The molecule has 0 aliphatic heterocycles. The molecular weight excluding hydrogens is 215 g/mol. The topological polar surface area (TPSA) is 38.0 Å². The number of nitrogen functional groups attached to an aromatic ring is 1. The molecule has 0 aliphatic carbocycles. The average molecular weight is 238 g/mol. The summed E-state index contributed by atoms with van der Waals surface area (Å²) in [5.41, 5.74) is 7.22. The first-order chi connectivity index (χ1) is 7.80. The summed E-state index contributed by atoms with van der Waals surface area (Å²) in [5, 5.41) is 3.29. The number of nitrogens with one attached hydrogen (secondary N) is 1. The Kier molecular flexibility index (Phi) is 4.38. The number of anilines is 2. The van der Waals surface area contributed by atoms with Gasteiger partial charge in [-0.1, -0.05) is 27.7 Å². The average Bonchev–Trinajstić information content (AvgIpc) is 2.14. The fraction of sp³-hybridized carbons (Fsp3) is 0.571. The molecule has 0 aliphatic rings. The largest absolute Gasteiger partial charge is 0.397 e. The van der Waals surface area contributed by atoms with Crippen LogP contribution in [0.3, 0.4) is 0 Å². The Morgan fingerprint density at radius 2 is 2.00 bits per heavy atom. The molecule has 0 amide bonds. The summed E-state index contributed by atoms with van der Waals surface area (Å²) in [5.74, 6) is 0.367. The minimum atomic E-state index is -0.297. The Morgan fingerprint density at radius 3 is 2.53 bits per heavy atom. The van der Waals surface area contributed by atoms with Gasteiger partial charge in [-0.15, -0.1) is 0 Å². The first-order valence-electron chi connectivity index (χ1n) is 6.09. The van der Waals surface area contributed by atoms with Crippen LogP contribution < -0.4 is 11.1 Å². The van der Waals surface area contributed by atoms with Crippen molar-refractivity contribution in [3.05, 3.63) is 24.0 Å². The minimum absolute atomic E-state index is 0.203. The maximum atomic E-state index is 12.9. The van der Waals surface area contributed by atoms with E-state index in [0.29, 0.717) is 11.6 Å². The molecule has 0 saturated carbocycles. The van der Waals surface area contributed by atoms with E-state index in [9.17, 15) is 4.39 Å². The van der Waals surface area contributed by atoms with E-state index in [-0.39, 0.29) is 11.2 Å². The maximum Gasteiger partial charge on any atom is 0.125 e. The SMILES string of the molecule is CC(C)CC(C)(C)CNc1ccc(F)cc1N. The Labute approximate surface area is 103 Å². The van der Waals surface area contributed by atoms with Gasteiger partial charge < -0.3 is 11.1 Å². The van der Waals surface area contributed by atoms with E-state index < -0.39 is 0 Å². The van der Waals surface area contributed by atoms with Crippen LogP contribution in [0.2, 0.25) is 0 Å². The van der Waals surface area contributed by atoms with Crippen LogP contribution in [0.4, 0.5) is 15.8 Å². The van der Waals surface area contributed by atoms with Gasteiger partial charge in [0.05, 0.1) is 11.4 Å². The van der Waals surface area contributed by atoms with Crippen LogP contribution in [0.1, 0.15) is 34.1 Å². The standard InChI is InChI=1S/C14H23FN2/c1-10(2)8-14(3,4)9-17-13-6-5-11(15)7-12(13)16/h5-7,10,17H,8-9,16H2,1-4H3. The molecule has 0 heterocycles. The van der Waals surface area contributed by atoms with Crippen molar-refractivity contribution in [1.82, 2.24) is 0 Å². The molecule has 1 aromatic carbocycles. The van der Waals surface area contributed by atoms with E-state index in [4.69, 9.17) is 5.73 Å². The Hall–Kier alpha value is -1.25. The molecule has 0 atom stereocenters. The third-order valence-corrected chi connectivity index (χ3v) is 2.73. The highest BCUT2D eigenvalue weighted by Crippen LogP contribution is 2.27. The van der Waals surface area contributed by atoms with Crippen LogP contribution in [0.5, 0.6) is 0 Å². The number of hydrogen-bond donors (Lipinski definition) is 2. The molecule has 0 fully saturated rings. The summed E-state index contributed by atoms with van der Waals surface area (Å²) >= 11 is 0. The van der Waals surface area contributed by atoms with Crippen LogP contribution >= 0.6 is 0 Å². The highest BCUT2D eigenvalue weighted by atomic mass is 19.1. The van der Waals surface area contributed by atoms with Crippen LogP contribution in [0.25, 0.3) is 0 Å². The van der Waals surface area contributed by atoms with Gasteiger partial charge in [0.25, 0.3) is 0 Å². The quantitative estimate of drug-likeness (QED) is 0.764. The molecule has 3 N–H and O–H groups in total. The predicted molar refractivity (Wildman–Crippen MR) is 72.5 cm³/mol. The lowest BCUT2D eigenvalue weighted by molar-refractivity contribution is 0.306. The summed E-state index contributed by atoms with van der Waals surface area (Å²) in [6.07, 6.45) is 1.14. The zero-order chi connectivity index (χ0) is 13.1. The molecule has 0 spiro atoms. The van der Waals surface area contributed by atoms with Gasteiger partial charge in [0.1, 0.15) is 5.82 Å². The summed E-state index contributed by atoms with van der Waals surface area (Å²) < 4.78 is 12.9. The molecule has 2 nitrogen and oxygen atoms in total. The van der Waals surface area contributed by atoms with Crippen molar-refractivity contribution in [2.24, 2.45) is 11.3 Å². The van der Waals surface area contributed by atoms with E-state index in [1.807, 2.05) is 0 Å². The van der Waals surface area contributed by atoms with Gasteiger partial charge in [0.15, 0.2) is 0 Å². The van der Waals surface area contributed by atoms with Gasteiger partial charge in [0, 0.05) is 6.54 Å². The molecule has 0 bridgehead atoms. The van der Waals surface area contributed by atoms with Gasteiger partial charge in [-0.2, -0.15) is 0 Å². The summed E-state index contributed by atoms with van der Waals surface area (Å²) in [7, 11) is 0. The number of halogens is 1. The van der Waals surface area contributed by atoms with E-state index in [1.54, 1.807) is 6.07 Å². The van der Waals surface area contributed by atoms with Gasteiger partial charge >= 0.3 is 0 Å². The predicted octanol–water partition coefficient (Wildman–Crippen LogP) is 3.89. The van der Waals surface area contributed by atoms with Crippen molar-refractivity contribution in [2.75, 3.05) is 17.6 Å². The molecule has 0 aromatic heterocycles. The van der Waals surface area contributed by atoms with Gasteiger partial charge in [-0.05, 0) is 36.0 Å². The lowest BCUT2D eigenvalue weighted by Crippen LogP contribution is -2.25. The van der Waals surface area contributed by atoms with Crippen LogP contribution in [0, 0.1) is 17.2 Å². The van der Waals surface area contributed by atoms with Gasteiger partial charge in [0.2, 0.25) is 0 Å². The van der Waals surface area contributed by atoms with E-state index in [1.165, 1.54) is 12.1 Å². The Balaban J connectivity index is 2.61. The van der Waals surface area contributed by atoms with Crippen molar-refractivity contribution in [2.45, 2.75) is 34.1 Å². The monoisotopic (exact) mass is 238 g/mol. The summed E-state index contributed by atoms with van der Waals surface area (Å²) in [6.45, 7) is 9.71. The highest BCUT2D eigenvalue weighted by molar-refractivity contribution is 5.65. The summed E-state index contributed by atoms with van der Waals surface area (Å²) in [4.78, 5) is 0. The molecule has 0 unspecified atom stereocenters. The van der Waals surface area contributed by atoms with Crippen molar-refractivity contribution < 1.29 is 4.39 Å².